The Morgan fingerprint density at radius 3 is 1.47 bits per heavy atom. The zero-order valence-corrected chi connectivity index (χ0v) is 26.2. The van der Waals surface area contributed by atoms with Gasteiger partial charge in [0, 0.05) is 13.2 Å². The normalized spacial score (nSPS) is 19.0. The molecule has 1 nitrogen and oxygen atoms in total. The predicted molar refractivity (Wildman–Crippen MR) is 135 cm³/mol. The fourth-order valence-corrected chi connectivity index (χ4v) is 9.95. The van der Waals surface area contributed by atoms with Crippen LogP contribution in [0.5, 0.6) is 0 Å². The van der Waals surface area contributed by atoms with Gasteiger partial charge in [0.2, 0.25) is 0 Å². The second-order valence-corrected chi connectivity index (χ2v) is 14.4. The van der Waals surface area contributed by atoms with Gasteiger partial charge in [0.1, 0.15) is 0 Å². The van der Waals surface area contributed by atoms with Crippen LogP contribution in [0.2, 0.25) is 0 Å². The van der Waals surface area contributed by atoms with Crippen LogP contribution in [-0.2, 0) is 4.74 Å². The Morgan fingerprint density at radius 1 is 0.767 bits per heavy atom. The summed E-state index contributed by atoms with van der Waals surface area (Å²) >= 11 is 0. The molecule has 1 atom stereocenters. The molecule has 0 N–H and O–H groups in total. The second kappa shape index (κ2) is 10.8. The van der Waals surface area contributed by atoms with Gasteiger partial charge in [-0.25, -0.2) is 0 Å². The largest absolute Gasteiger partial charge is 1.00 e. The van der Waals surface area contributed by atoms with Crippen LogP contribution in [0.3, 0.4) is 0 Å². The van der Waals surface area contributed by atoms with E-state index in [1.165, 1.54) is 57.4 Å². The Kier molecular flexibility index (Phi) is 10.3. The third-order valence-electron chi connectivity index (χ3n) is 7.86. The molecule has 2 aliphatic rings. The Bertz CT molecular complexity index is 853. The van der Waals surface area contributed by atoms with E-state index in [1.54, 1.807) is 10.6 Å². The van der Waals surface area contributed by atoms with Crippen LogP contribution in [0.25, 0.3) is 0 Å². The molecule has 0 spiro atoms. The summed E-state index contributed by atoms with van der Waals surface area (Å²) < 4.78 is 4.94. The third kappa shape index (κ3) is 4.96. The van der Waals surface area contributed by atoms with Crippen LogP contribution >= 0.6 is 6.89 Å². The molecule has 0 bridgehead atoms. The van der Waals surface area contributed by atoms with Crippen molar-refractivity contribution in [2.45, 2.75) is 94.2 Å². The molecule has 1 aliphatic heterocycles. The molecule has 0 radical (unpaired) electrons. The van der Waals surface area contributed by atoms with Gasteiger partial charge in [-0.05, 0) is 79.9 Å². The average Bonchev–Trinajstić information content (AvgIpc) is 3.32. The first kappa shape index (κ1) is 28.8. The Hall–Kier alpha value is 0.726. The summed E-state index contributed by atoms with van der Waals surface area (Å²) in [5, 5.41) is 3.58. The standard InChI is InChI=1S/C23H36P.C4H8O.K/c1-13-14(2)18(6)21(17(13)5)24(12,23(9,10)11)22-19(7)15(3)16(4)20(22)8;1-2-4-5-3-1;/h1-12H3;1-4H2;/q-1;;+1. The van der Waals surface area contributed by atoms with Crippen molar-refractivity contribution in [2.24, 2.45) is 0 Å². The van der Waals surface area contributed by atoms with Gasteiger partial charge in [-0.1, -0.05) is 55.4 Å². The SMILES string of the molecule is C1CCOC1.CC1=C(C)C(=[P@](C)(c2c(C)c(C)c(C)[c-]2C)C(C)(C)C)C(C)=C1C.[K+]. The van der Waals surface area contributed by atoms with E-state index < -0.39 is 6.89 Å². The molecule has 0 aromatic heterocycles. The van der Waals surface area contributed by atoms with Crippen molar-refractivity contribution >= 4 is 17.5 Å². The second-order valence-electron chi connectivity index (χ2n) is 10.2. The average molecular weight is 455 g/mol. The van der Waals surface area contributed by atoms with Crippen molar-refractivity contribution in [3.05, 3.63) is 44.5 Å². The third-order valence-corrected chi connectivity index (χ3v) is 13.7. The molecule has 1 aliphatic carbocycles. The van der Waals surface area contributed by atoms with E-state index in [2.05, 4.69) is 82.8 Å². The van der Waals surface area contributed by atoms with Crippen LogP contribution in [0.15, 0.2) is 22.3 Å². The van der Waals surface area contributed by atoms with Gasteiger partial charge < -0.3 is 4.74 Å². The smallest absolute Gasteiger partial charge is 0.381 e. The first-order chi connectivity index (χ1) is 13.3. The maximum Gasteiger partial charge on any atom is 1.00 e. The molecular formula is C27H44KOP. The molecule has 1 aromatic carbocycles. The van der Waals surface area contributed by atoms with E-state index in [-0.39, 0.29) is 56.5 Å². The minimum absolute atomic E-state index is 0. The first-order valence-corrected chi connectivity index (χ1v) is 13.4. The number of hydrogen-bond acceptors (Lipinski definition) is 1. The number of ether oxygens (including phenoxy) is 1. The van der Waals surface area contributed by atoms with Crippen molar-refractivity contribution in [1.29, 1.82) is 0 Å². The Labute approximate surface area is 229 Å². The topological polar surface area (TPSA) is 9.23 Å². The molecule has 1 fully saturated rings. The van der Waals surface area contributed by atoms with Crippen LogP contribution in [0.1, 0.15) is 83.6 Å². The molecule has 1 heterocycles. The van der Waals surface area contributed by atoms with Gasteiger partial charge in [0.15, 0.2) is 0 Å². The molecule has 30 heavy (non-hydrogen) atoms. The van der Waals surface area contributed by atoms with Gasteiger partial charge in [-0.15, -0.1) is 10.9 Å². The molecule has 3 rings (SSSR count). The Balaban J connectivity index is 0.000000655. The van der Waals surface area contributed by atoms with Gasteiger partial charge in [-0.3, -0.25) is 0 Å². The summed E-state index contributed by atoms with van der Waals surface area (Å²) in [6.45, 7) is 29.0. The molecular weight excluding hydrogens is 410 g/mol. The minimum Gasteiger partial charge on any atom is -0.381 e. The van der Waals surface area contributed by atoms with E-state index in [1.807, 2.05) is 0 Å². The molecule has 0 amide bonds. The van der Waals surface area contributed by atoms with Crippen molar-refractivity contribution in [2.75, 3.05) is 19.9 Å². The fraction of sp³-hybridized carbons (Fsp3) is 0.630. The number of rotatable bonds is 1. The van der Waals surface area contributed by atoms with Crippen LogP contribution in [-0.4, -0.2) is 30.3 Å². The fourth-order valence-electron chi connectivity index (χ4n) is 5.03. The van der Waals surface area contributed by atoms with Crippen LogP contribution < -0.4 is 56.7 Å². The van der Waals surface area contributed by atoms with Crippen molar-refractivity contribution in [3.63, 3.8) is 0 Å². The van der Waals surface area contributed by atoms with E-state index in [0.29, 0.717) is 0 Å². The van der Waals surface area contributed by atoms with Gasteiger partial charge in [0.25, 0.3) is 0 Å². The molecule has 1 aromatic rings. The van der Waals surface area contributed by atoms with E-state index in [0.717, 1.165) is 13.2 Å². The molecule has 0 unspecified atom stereocenters. The van der Waals surface area contributed by atoms with Gasteiger partial charge in [0.05, 0.1) is 0 Å². The molecule has 1 saturated heterocycles. The maximum atomic E-state index is 4.94. The van der Waals surface area contributed by atoms with E-state index in [4.69, 9.17) is 4.74 Å². The maximum absolute atomic E-state index is 4.94. The molecule has 0 saturated carbocycles. The van der Waals surface area contributed by atoms with Crippen LogP contribution in [0.4, 0.5) is 0 Å². The summed E-state index contributed by atoms with van der Waals surface area (Å²) in [5.74, 6) is 0. The first-order valence-electron chi connectivity index (χ1n) is 11.2. The van der Waals surface area contributed by atoms with Crippen molar-refractivity contribution in [1.82, 2.24) is 0 Å². The summed E-state index contributed by atoms with van der Waals surface area (Å²) in [7, 11) is 0. The summed E-state index contributed by atoms with van der Waals surface area (Å²) in [6, 6.07) is 0. The van der Waals surface area contributed by atoms with Crippen LogP contribution in [0, 0.1) is 27.7 Å². The van der Waals surface area contributed by atoms with Gasteiger partial charge in [-0.2, -0.15) is 16.7 Å². The predicted octanol–water partition coefficient (Wildman–Crippen LogP) is 4.37. The Morgan fingerprint density at radius 2 is 1.20 bits per heavy atom. The zero-order chi connectivity index (χ0) is 22.3. The summed E-state index contributed by atoms with van der Waals surface area (Å²) in [5.41, 5.74) is 12.1. The van der Waals surface area contributed by atoms with Crippen molar-refractivity contribution in [3.8, 4) is 0 Å². The summed E-state index contributed by atoms with van der Waals surface area (Å²) in [6.07, 6.45) is 2.56. The molecule has 3 heteroatoms. The van der Waals surface area contributed by atoms with Crippen molar-refractivity contribution < 1.29 is 56.1 Å². The quantitative estimate of drug-likeness (QED) is 0.348. The molecule has 164 valence electrons. The number of hydrogen-bond donors (Lipinski definition) is 0. The zero-order valence-electron chi connectivity index (χ0n) is 22.2. The van der Waals surface area contributed by atoms with E-state index in [9.17, 15) is 0 Å². The van der Waals surface area contributed by atoms with Gasteiger partial charge >= 0.3 is 51.4 Å². The van der Waals surface area contributed by atoms with E-state index >= 15 is 0 Å². The summed E-state index contributed by atoms with van der Waals surface area (Å²) in [4.78, 5) is 0. The minimum atomic E-state index is -1.52. The number of allylic oxidation sites excluding steroid dienone is 4. The monoisotopic (exact) mass is 454 g/mol.